The van der Waals surface area contributed by atoms with Crippen molar-refractivity contribution in [3.05, 3.63) is 65.2 Å². The average Bonchev–Trinajstić information content (AvgIpc) is 2.32. The summed E-state index contributed by atoms with van der Waals surface area (Å²) in [4.78, 5) is 0. The maximum absolute atomic E-state index is 5.86. The van der Waals surface area contributed by atoms with Crippen LogP contribution in [0.15, 0.2) is 48.5 Å². The Hall–Kier alpha value is -2.20. The van der Waals surface area contributed by atoms with Crippen molar-refractivity contribution < 1.29 is 0 Å². The van der Waals surface area contributed by atoms with Gasteiger partial charge in [-0.1, -0.05) is 42.2 Å². The van der Waals surface area contributed by atoms with Crippen LogP contribution in [0.4, 0.5) is 5.69 Å². The summed E-state index contributed by atoms with van der Waals surface area (Å²) >= 11 is 0. The smallest absolute Gasteiger partial charge is 0.0364 e. The van der Waals surface area contributed by atoms with Crippen molar-refractivity contribution >= 4 is 5.69 Å². The zero-order valence-electron chi connectivity index (χ0n) is 9.90. The van der Waals surface area contributed by atoms with Crippen molar-refractivity contribution in [1.82, 2.24) is 0 Å². The number of nitrogens with two attached hydrogens (primary N) is 1. The van der Waals surface area contributed by atoms with Gasteiger partial charge in [0.25, 0.3) is 0 Å². The Balaban J connectivity index is 2.11. The summed E-state index contributed by atoms with van der Waals surface area (Å²) in [5.74, 6) is 6.31. The monoisotopic (exact) mass is 221 g/mol. The first kappa shape index (κ1) is 11.3. The Labute approximate surface area is 102 Å². The maximum Gasteiger partial charge on any atom is 0.0364 e. The molecular formula is C16H15N. The molecule has 2 aromatic rings. The van der Waals surface area contributed by atoms with E-state index in [-0.39, 0.29) is 0 Å². The minimum atomic E-state index is 0.695. The first-order valence-electron chi connectivity index (χ1n) is 5.64. The summed E-state index contributed by atoms with van der Waals surface area (Å²) in [5.41, 5.74) is 10.0. The maximum atomic E-state index is 5.86. The molecule has 1 nitrogen and oxygen atoms in total. The summed E-state index contributed by atoms with van der Waals surface area (Å²) in [6, 6.07) is 16.0. The van der Waals surface area contributed by atoms with E-state index in [0.717, 1.165) is 16.8 Å². The van der Waals surface area contributed by atoms with E-state index < -0.39 is 0 Å². The zero-order valence-corrected chi connectivity index (χ0v) is 9.90. The van der Waals surface area contributed by atoms with Crippen LogP contribution in [0.5, 0.6) is 0 Å². The van der Waals surface area contributed by atoms with Crippen molar-refractivity contribution in [1.29, 1.82) is 0 Å². The third-order valence-electron chi connectivity index (χ3n) is 2.58. The Morgan fingerprint density at radius 1 is 1.06 bits per heavy atom. The normalized spacial score (nSPS) is 9.47. The number of hydrogen-bond acceptors (Lipinski definition) is 1. The molecule has 0 aliphatic carbocycles. The molecule has 0 aliphatic heterocycles. The van der Waals surface area contributed by atoms with Crippen LogP contribution >= 0.6 is 0 Å². The van der Waals surface area contributed by atoms with Gasteiger partial charge in [-0.3, -0.25) is 0 Å². The van der Waals surface area contributed by atoms with E-state index in [2.05, 4.69) is 30.9 Å². The van der Waals surface area contributed by atoms with Crippen molar-refractivity contribution in [2.45, 2.75) is 13.3 Å². The highest BCUT2D eigenvalue weighted by Gasteiger charge is 1.93. The van der Waals surface area contributed by atoms with Gasteiger partial charge in [-0.25, -0.2) is 0 Å². The SMILES string of the molecule is Cc1cccc(C#CCc2ccccc2N)c1. The van der Waals surface area contributed by atoms with Crippen LogP contribution in [-0.4, -0.2) is 0 Å². The van der Waals surface area contributed by atoms with Gasteiger partial charge in [0.05, 0.1) is 0 Å². The van der Waals surface area contributed by atoms with E-state index in [9.17, 15) is 0 Å². The van der Waals surface area contributed by atoms with Crippen LogP contribution in [0.2, 0.25) is 0 Å². The highest BCUT2D eigenvalue weighted by atomic mass is 14.5. The average molecular weight is 221 g/mol. The van der Waals surface area contributed by atoms with Gasteiger partial charge < -0.3 is 5.73 Å². The summed E-state index contributed by atoms with van der Waals surface area (Å²) < 4.78 is 0. The molecule has 0 aliphatic rings. The molecule has 0 heterocycles. The minimum Gasteiger partial charge on any atom is -0.398 e. The fourth-order valence-electron chi connectivity index (χ4n) is 1.66. The zero-order chi connectivity index (χ0) is 12.1. The molecule has 0 saturated heterocycles. The molecule has 0 aromatic heterocycles. The van der Waals surface area contributed by atoms with Crippen LogP contribution in [-0.2, 0) is 6.42 Å². The number of para-hydroxylation sites is 1. The van der Waals surface area contributed by atoms with Gasteiger partial charge in [0.15, 0.2) is 0 Å². The molecule has 84 valence electrons. The van der Waals surface area contributed by atoms with E-state index in [1.165, 1.54) is 5.56 Å². The number of nitrogen functional groups attached to an aromatic ring is 1. The fraction of sp³-hybridized carbons (Fsp3) is 0.125. The van der Waals surface area contributed by atoms with Crippen LogP contribution in [0.25, 0.3) is 0 Å². The Morgan fingerprint density at radius 3 is 2.65 bits per heavy atom. The Kier molecular flexibility index (Phi) is 3.47. The quantitative estimate of drug-likeness (QED) is 0.581. The van der Waals surface area contributed by atoms with E-state index >= 15 is 0 Å². The van der Waals surface area contributed by atoms with Gasteiger partial charge in [0.2, 0.25) is 0 Å². The number of aryl methyl sites for hydroxylation is 1. The van der Waals surface area contributed by atoms with Crippen molar-refractivity contribution in [3.8, 4) is 11.8 Å². The highest BCUT2D eigenvalue weighted by molar-refractivity contribution is 5.48. The number of rotatable bonds is 1. The van der Waals surface area contributed by atoms with E-state index in [1.54, 1.807) is 0 Å². The topological polar surface area (TPSA) is 26.0 Å². The lowest BCUT2D eigenvalue weighted by Gasteiger charge is -1.99. The molecule has 0 radical (unpaired) electrons. The highest BCUT2D eigenvalue weighted by Crippen LogP contribution is 2.10. The second-order valence-electron chi connectivity index (χ2n) is 4.05. The predicted octanol–water partition coefficient (Wildman–Crippen LogP) is 3.17. The first-order valence-corrected chi connectivity index (χ1v) is 5.64. The van der Waals surface area contributed by atoms with E-state index in [1.807, 2.05) is 36.4 Å². The molecule has 0 atom stereocenters. The molecule has 0 spiro atoms. The second-order valence-corrected chi connectivity index (χ2v) is 4.05. The Morgan fingerprint density at radius 2 is 1.88 bits per heavy atom. The summed E-state index contributed by atoms with van der Waals surface area (Å²) in [6.07, 6.45) is 0.695. The van der Waals surface area contributed by atoms with Crippen LogP contribution in [0, 0.1) is 18.8 Å². The third-order valence-corrected chi connectivity index (χ3v) is 2.58. The molecule has 0 saturated carbocycles. The molecule has 0 amide bonds. The number of anilines is 1. The fourth-order valence-corrected chi connectivity index (χ4v) is 1.66. The lowest BCUT2D eigenvalue weighted by Crippen LogP contribution is -1.91. The minimum absolute atomic E-state index is 0.695. The van der Waals surface area contributed by atoms with Gasteiger partial charge in [0.1, 0.15) is 0 Å². The van der Waals surface area contributed by atoms with Gasteiger partial charge in [0, 0.05) is 17.7 Å². The van der Waals surface area contributed by atoms with Crippen molar-refractivity contribution in [2.24, 2.45) is 0 Å². The first-order chi connectivity index (χ1) is 8.25. The molecule has 2 N–H and O–H groups in total. The standard InChI is InChI=1S/C16H15N/c1-13-6-4-7-14(12-13)8-5-10-15-9-2-3-11-16(15)17/h2-4,6-7,9,11-12H,10,17H2,1H3. The number of hydrogen-bond donors (Lipinski definition) is 1. The van der Waals surface area contributed by atoms with Gasteiger partial charge in [-0.15, -0.1) is 0 Å². The van der Waals surface area contributed by atoms with Crippen LogP contribution in [0.1, 0.15) is 16.7 Å². The predicted molar refractivity (Wildman–Crippen MR) is 72.6 cm³/mol. The molecule has 0 bridgehead atoms. The third kappa shape index (κ3) is 3.12. The molecule has 0 unspecified atom stereocenters. The van der Waals surface area contributed by atoms with E-state index in [0.29, 0.717) is 6.42 Å². The van der Waals surface area contributed by atoms with Crippen molar-refractivity contribution in [2.75, 3.05) is 5.73 Å². The molecule has 1 heteroatoms. The largest absolute Gasteiger partial charge is 0.398 e. The van der Waals surface area contributed by atoms with Gasteiger partial charge >= 0.3 is 0 Å². The second kappa shape index (κ2) is 5.23. The lowest BCUT2D eigenvalue weighted by atomic mass is 10.1. The van der Waals surface area contributed by atoms with Gasteiger partial charge in [-0.2, -0.15) is 0 Å². The molecule has 2 rings (SSSR count). The Bertz CT molecular complexity index is 573. The van der Waals surface area contributed by atoms with Crippen LogP contribution < -0.4 is 5.73 Å². The summed E-state index contributed by atoms with van der Waals surface area (Å²) in [6.45, 7) is 2.07. The molecular weight excluding hydrogens is 206 g/mol. The molecule has 2 aromatic carbocycles. The summed E-state index contributed by atoms with van der Waals surface area (Å²) in [5, 5.41) is 0. The van der Waals surface area contributed by atoms with Crippen LogP contribution in [0.3, 0.4) is 0 Å². The van der Waals surface area contributed by atoms with E-state index in [4.69, 9.17) is 5.73 Å². The van der Waals surface area contributed by atoms with Crippen molar-refractivity contribution in [3.63, 3.8) is 0 Å². The van der Waals surface area contributed by atoms with Gasteiger partial charge in [-0.05, 0) is 36.2 Å². The number of benzene rings is 2. The molecule has 0 fully saturated rings. The molecule has 17 heavy (non-hydrogen) atoms. The summed E-state index contributed by atoms with van der Waals surface area (Å²) in [7, 11) is 0. The lowest BCUT2D eigenvalue weighted by molar-refractivity contribution is 1.32.